The van der Waals surface area contributed by atoms with Crippen LogP contribution in [0, 0.1) is 13.8 Å². The summed E-state index contributed by atoms with van der Waals surface area (Å²) >= 11 is 0. The predicted molar refractivity (Wildman–Crippen MR) is 120 cm³/mol. The minimum atomic E-state index is -0.927. The molecule has 1 heterocycles. The molecule has 156 valence electrons. The number of aryl methyl sites for hydroxylation is 1. The van der Waals surface area contributed by atoms with Gasteiger partial charge in [0.2, 0.25) is 0 Å². The second kappa shape index (κ2) is 8.99. The van der Waals surface area contributed by atoms with Crippen molar-refractivity contribution in [3.63, 3.8) is 0 Å². The van der Waals surface area contributed by atoms with E-state index >= 15 is 0 Å². The van der Waals surface area contributed by atoms with Gasteiger partial charge in [0.05, 0.1) is 5.56 Å². The van der Waals surface area contributed by atoms with E-state index in [9.17, 15) is 9.59 Å². The molecule has 0 aliphatic heterocycles. The lowest BCUT2D eigenvalue weighted by Crippen LogP contribution is -2.30. The monoisotopic (exact) mass is 404 g/mol. The number of nitrogens with one attached hydrogen (secondary N) is 1. The smallest absolute Gasteiger partial charge is 0.340 e. The van der Waals surface area contributed by atoms with Crippen LogP contribution in [0.3, 0.4) is 0 Å². The highest BCUT2D eigenvalue weighted by Crippen LogP contribution is 2.28. The first kappa shape index (κ1) is 21.4. The van der Waals surface area contributed by atoms with Gasteiger partial charge in [0.15, 0.2) is 6.10 Å². The summed E-state index contributed by atoms with van der Waals surface area (Å²) in [7, 11) is 0. The first-order valence-corrected chi connectivity index (χ1v) is 10.1. The Morgan fingerprint density at radius 3 is 2.20 bits per heavy atom. The summed E-state index contributed by atoms with van der Waals surface area (Å²) in [5.74, 6) is -0.863. The maximum atomic E-state index is 12.7. The Labute approximate surface area is 177 Å². The summed E-state index contributed by atoms with van der Waals surface area (Å²) in [4.78, 5) is 25.4. The number of anilines is 1. The van der Waals surface area contributed by atoms with E-state index < -0.39 is 12.1 Å². The van der Waals surface area contributed by atoms with Crippen LogP contribution in [0.1, 0.15) is 48.6 Å². The molecule has 2 aromatic carbocycles. The van der Waals surface area contributed by atoms with Crippen LogP contribution in [0.25, 0.3) is 11.1 Å². The summed E-state index contributed by atoms with van der Waals surface area (Å²) in [6.45, 7) is 9.57. The Morgan fingerprint density at radius 1 is 0.933 bits per heavy atom. The summed E-state index contributed by atoms with van der Waals surface area (Å²) in [6, 6.07) is 19.4. The third-order valence-electron chi connectivity index (χ3n) is 5.14. The molecule has 0 spiro atoms. The Hall–Kier alpha value is -3.34. The van der Waals surface area contributed by atoms with Crippen LogP contribution >= 0.6 is 0 Å². The van der Waals surface area contributed by atoms with Crippen molar-refractivity contribution in [1.29, 1.82) is 0 Å². The molecule has 1 amide bonds. The van der Waals surface area contributed by atoms with E-state index in [-0.39, 0.29) is 11.9 Å². The fourth-order valence-electron chi connectivity index (χ4n) is 3.75. The minimum Gasteiger partial charge on any atom is -0.449 e. The highest BCUT2D eigenvalue weighted by Gasteiger charge is 2.23. The fourth-order valence-corrected chi connectivity index (χ4v) is 3.75. The van der Waals surface area contributed by atoms with E-state index in [1.165, 1.54) is 0 Å². The highest BCUT2D eigenvalue weighted by molar-refractivity contribution is 6.00. The van der Waals surface area contributed by atoms with Gasteiger partial charge in [-0.1, -0.05) is 48.5 Å². The lowest BCUT2D eigenvalue weighted by atomic mass is 10.0. The maximum absolute atomic E-state index is 12.7. The molecule has 0 bridgehead atoms. The molecule has 0 fully saturated rings. The SMILES string of the molecule is Cc1cc(C(=O)OC(C)C(=O)Nc2ccccc2-c2ccccc2)c(C)n1C(C)C. The van der Waals surface area contributed by atoms with Gasteiger partial charge < -0.3 is 14.6 Å². The van der Waals surface area contributed by atoms with Gasteiger partial charge in [0.25, 0.3) is 5.91 Å². The molecule has 30 heavy (non-hydrogen) atoms. The number of aromatic nitrogens is 1. The zero-order chi connectivity index (χ0) is 21.8. The lowest BCUT2D eigenvalue weighted by Gasteiger charge is -2.16. The quantitative estimate of drug-likeness (QED) is 0.549. The molecule has 1 N–H and O–H groups in total. The van der Waals surface area contributed by atoms with Gasteiger partial charge in [-0.15, -0.1) is 0 Å². The van der Waals surface area contributed by atoms with Gasteiger partial charge in [0.1, 0.15) is 0 Å². The normalized spacial score (nSPS) is 11.9. The average Bonchev–Trinajstić information content (AvgIpc) is 3.03. The van der Waals surface area contributed by atoms with Crippen LogP contribution in [0.2, 0.25) is 0 Å². The van der Waals surface area contributed by atoms with Crippen molar-refractivity contribution in [3.8, 4) is 11.1 Å². The molecule has 1 aromatic heterocycles. The van der Waals surface area contributed by atoms with Crippen molar-refractivity contribution >= 4 is 17.6 Å². The maximum Gasteiger partial charge on any atom is 0.340 e. The second-order valence-corrected chi connectivity index (χ2v) is 7.70. The summed E-state index contributed by atoms with van der Waals surface area (Å²) in [5, 5.41) is 2.89. The summed E-state index contributed by atoms with van der Waals surface area (Å²) in [6.07, 6.45) is -0.927. The van der Waals surface area contributed by atoms with E-state index in [0.717, 1.165) is 22.5 Å². The molecule has 0 saturated carbocycles. The molecule has 5 nitrogen and oxygen atoms in total. The molecular weight excluding hydrogens is 376 g/mol. The van der Waals surface area contributed by atoms with Crippen molar-refractivity contribution in [3.05, 3.63) is 77.6 Å². The number of nitrogens with zero attached hydrogens (tertiary/aromatic N) is 1. The van der Waals surface area contributed by atoms with Gasteiger partial charge >= 0.3 is 5.97 Å². The van der Waals surface area contributed by atoms with Crippen molar-refractivity contribution in [1.82, 2.24) is 4.57 Å². The van der Waals surface area contributed by atoms with Gasteiger partial charge in [-0.2, -0.15) is 0 Å². The van der Waals surface area contributed by atoms with Gasteiger partial charge in [-0.25, -0.2) is 4.79 Å². The number of amides is 1. The minimum absolute atomic E-state index is 0.238. The topological polar surface area (TPSA) is 60.3 Å². The number of ether oxygens (including phenoxy) is 1. The third-order valence-corrected chi connectivity index (χ3v) is 5.14. The molecule has 0 aliphatic carbocycles. The number of rotatable bonds is 6. The summed E-state index contributed by atoms with van der Waals surface area (Å²) in [5.41, 5.74) is 4.91. The van der Waals surface area contributed by atoms with E-state index in [2.05, 4.69) is 23.7 Å². The van der Waals surface area contributed by atoms with E-state index in [4.69, 9.17) is 4.74 Å². The average molecular weight is 405 g/mol. The van der Waals surface area contributed by atoms with E-state index in [1.807, 2.05) is 74.5 Å². The first-order valence-electron chi connectivity index (χ1n) is 10.1. The van der Waals surface area contributed by atoms with Crippen molar-refractivity contribution in [2.75, 3.05) is 5.32 Å². The zero-order valence-electron chi connectivity index (χ0n) is 18.1. The van der Waals surface area contributed by atoms with Crippen LogP contribution < -0.4 is 5.32 Å². The molecule has 5 heteroatoms. The van der Waals surface area contributed by atoms with Crippen molar-refractivity contribution < 1.29 is 14.3 Å². The standard InChI is InChI=1S/C25H28N2O3/c1-16(2)27-17(3)15-22(18(27)4)25(29)30-19(5)24(28)26-23-14-10-9-13-21(23)20-11-7-6-8-12-20/h6-16,19H,1-5H3,(H,26,28). The lowest BCUT2D eigenvalue weighted by molar-refractivity contribution is -0.123. The fraction of sp³-hybridized carbons (Fsp3) is 0.280. The molecule has 0 radical (unpaired) electrons. The number of benzene rings is 2. The largest absolute Gasteiger partial charge is 0.449 e. The van der Waals surface area contributed by atoms with E-state index in [1.54, 1.807) is 6.92 Å². The third kappa shape index (κ3) is 4.46. The van der Waals surface area contributed by atoms with Gasteiger partial charge in [-0.05, 0) is 52.3 Å². The van der Waals surface area contributed by atoms with Crippen LogP contribution in [0.15, 0.2) is 60.7 Å². The molecule has 0 saturated heterocycles. The first-order chi connectivity index (χ1) is 14.3. The number of para-hydroxylation sites is 1. The van der Waals surface area contributed by atoms with Crippen LogP contribution in [-0.4, -0.2) is 22.5 Å². The Balaban J connectivity index is 1.74. The van der Waals surface area contributed by atoms with E-state index in [0.29, 0.717) is 11.3 Å². The second-order valence-electron chi connectivity index (χ2n) is 7.70. The van der Waals surface area contributed by atoms with Crippen LogP contribution in [0.5, 0.6) is 0 Å². The molecule has 0 aliphatic rings. The molecule has 1 unspecified atom stereocenters. The zero-order valence-corrected chi connectivity index (χ0v) is 18.1. The highest BCUT2D eigenvalue weighted by atomic mass is 16.5. The van der Waals surface area contributed by atoms with Gasteiger partial charge in [0, 0.05) is 28.7 Å². The molecular formula is C25H28N2O3. The van der Waals surface area contributed by atoms with Crippen molar-refractivity contribution in [2.45, 2.75) is 46.8 Å². The number of carbonyl (C=O) groups is 2. The number of hydrogen-bond acceptors (Lipinski definition) is 3. The number of hydrogen-bond donors (Lipinski definition) is 1. The predicted octanol–water partition coefficient (Wildman–Crippen LogP) is 5.54. The Bertz CT molecular complexity index is 1050. The molecule has 1 atom stereocenters. The Kier molecular flexibility index (Phi) is 6.40. The van der Waals surface area contributed by atoms with Gasteiger partial charge in [-0.3, -0.25) is 4.79 Å². The number of carbonyl (C=O) groups excluding carboxylic acids is 2. The number of esters is 1. The molecule has 3 rings (SSSR count). The Morgan fingerprint density at radius 2 is 1.57 bits per heavy atom. The van der Waals surface area contributed by atoms with Crippen molar-refractivity contribution in [2.24, 2.45) is 0 Å². The van der Waals surface area contributed by atoms with Crippen LogP contribution in [-0.2, 0) is 9.53 Å². The van der Waals surface area contributed by atoms with Crippen LogP contribution in [0.4, 0.5) is 5.69 Å². The summed E-state index contributed by atoms with van der Waals surface area (Å²) < 4.78 is 7.56. The molecule has 3 aromatic rings.